The monoisotopic (exact) mass is 280 g/mol. The number of carbonyl (C=O) groups is 1. The third-order valence-corrected chi connectivity index (χ3v) is 3.31. The van der Waals surface area contributed by atoms with Crippen LogP contribution in [-0.2, 0) is 0 Å². The Morgan fingerprint density at radius 1 is 1.10 bits per heavy atom. The second-order valence-corrected chi connectivity index (χ2v) is 4.65. The van der Waals surface area contributed by atoms with Crippen LogP contribution in [0.3, 0.4) is 0 Å². The van der Waals surface area contributed by atoms with E-state index >= 15 is 0 Å². The van der Waals surface area contributed by atoms with Gasteiger partial charge in [0, 0.05) is 12.4 Å². The van der Waals surface area contributed by atoms with Gasteiger partial charge in [-0.05, 0) is 24.3 Å². The third-order valence-electron chi connectivity index (χ3n) is 3.31. The predicted octanol–water partition coefficient (Wildman–Crippen LogP) is 2.51. The lowest BCUT2D eigenvalue weighted by atomic mass is 10.3. The minimum Gasteiger partial charge on any atom is -0.303 e. The number of hydrogen-bond acceptors (Lipinski definition) is 3. The highest BCUT2D eigenvalue weighted by Gasteiger charge is 2.15. The second kappa shape index (κ2) is 4.24. The summed E-state index contributed by atoms with van der Waals surface area (Å²) in [5.41, 5.74) is 2.21. The van der Waals surface area contributed by atoms with E-state index in [1.807, 2.05) is 24.3 Å². The van der Waals surface area contributed by atoms with Gasteiger partial charge in [0.1, 0.15) is 23.5 Å². The van der Waals surface area contributed by atoms with Crippen LogP contribution in [0.1, 0.15) is 10.5 Å². The van der Waals surface area contributed by atoms with Gasteiger partial charge in [0.25, 0.3) is 5.91 Å². The molecular formula is C15H9FN4O. The molecule has 6 heteroatoms. The van der Waals surface area contributed by atoms with Crippen molar-refractivity contribution in [1.29, 1.82) is 0 Å². The highest BCUT2D eigenvalue weighted by Crippen LogP contribution is 2.14. The number of halogens is 1. The molecule has 0 aliphatic rings. The van der Waals surface area contributed by atoms with E-state index < -0.39 is 0 Å². The highest BCUT2D eigenvalue weighted by atomic mass is 19.1. The molecule has 3 heterocycles. The zero-order chi connectivity index (χ0) is 14.4. The molecule has 0 aliphatic carbocycles. The molecule has 3 aromatic heterocycles. The van der Waals surface area contributed by atoms with Crippen molar-refractivity contribution in [2.75, 3.05) is 0 Å². The first-order valence-corrected chi connectivity index (χ1v) is 6.33. The van der Waals surface area contributed by atoms with E-state index in [1.54, 1.807) is 0 Å². The summed E-state index contributed by atoms with van der Waals surface area (Å²) in [5.74, 6) is -0.681. The standard InChI is InChI=1S/C15H9FN4O/c16-10-5-6-14-18-12(8-19(14)7-10)15(21)20-9-17-11-3-1-2-4-13(11)20/h1-9H. The topological polar surface area (TPSA) is 52.2 Å². The van der Waals surface area contributed by atoms with E-state index in [-0.39, 0.29) is 17.4 Å². The Labute approximate surface area is 118 Å². The lowest BCUT2D eigenvalue weighted by Crippen LogP contribution is -2.11. The van der Waals surface area contributed by atoms with Crippen LogP contribution in [0.4, 0.5) is 4.39 Å². The van der Waals surface area contributed by atoms with Gasteiger partial charge in [0.15, 0.2) is 0 Å². The van der Waals surface area contributed by atoms with E-state index in [2.05, 4.69) is 9.97 Å². The van der Waals surface area contributed by atoms with Crippen LogP contribution < -0.4 is 0 Å². The number of carbonyl (C=O) groups excluding carboxylic acids is 1. The second-order valence-electron chi connectivity index (χ2n) is 4.65. The normalized spacial score (nSPS) is 11.3. The van der Waals surface area contributed by atoms with Crippen molar-refractivity contribution < 1.29 is 9.18 Å². The smallest absolute Gasteiger partial charge is 0.283 e. The molecule has 0 amide bonds. The van der Waals surface area contributed by atoms with Crippen molar-refractivity contribution in [2.24, 2.45) is 0 Å². The molecule has 0 spiro atoms. The number of benzene rings is 1. The number of para-hydroxylation sites is 2. The van der Waals surface area contributed by atoms with Gasteiger partial charge in [-0.1, -0.05) is 12.1 Å². The fourth-order valence-electron chi connectivity index (χ4n) is 2.31. The van der Waals surface area contributed by atoms with Crippen LogP contribution in [0.25, 0.3) is 16.7 Å². The molecule has 0 saturated heterocycles. The van der Waals surface area contributed by atoms with Crippen molar-refractivity contribution in [2.45, 2.75) is 0 Å². The summed E-state index contributed by atoms with van der Waals surface area (Å²) in [5, 5.41) is 0. The summed E-state index contributed by atoms with van der Waals surface area (Å²) in [6, 6.07) is 10.2. The highest BCUT2D eigenvalue weighted by molar-refractivity contribution is 6.00. The van der Waals surface area contributed by atoms with Gasteiger partial charge < -0.3 is 4.40 Å². The number of nitrogens with zero attached hydrogens (tertiary/aromatic N) is 4. The van der Waals surface area contributed by atoms with E-state index in [0.717, 1.165) is 5.52 Å². The molecule has 0 N–H and O–H groups in total. The molecule has 21 heavy (non-hydrogen) atoms. The van der Waals surface area contributed by atoms with Gasteiger partial charge in [0.2, 0.25) is 0 Å². The Morgan fingerprint density at radius 3 is 2.86 bits per heavy atom. The molecule has 1 aromatic carbocycles. The molecule has 0 bridgehead atoms. The van der Waals surface area contributed by atoms with Crippen LogP contribution in [0, 0.1) is 5.82 Å². The number of rotatable bonds is 1. The van der Waals surface area contributed by atoms with Crippen molar-refractivity contribution in [1.82, 2.24) is 18.9 Å². The Bertz CT molecular complexity index is 986. The minimum atomic E-state index is -0.382. The number of imidazole rings is 2. The van der Waals surface area contributed by atoms with Gasteiger partial charge in [-0.25, -0.2) is 14.4 Å². The van der Waals surface area contributed by atoms with E-state index in [1.165, 1.54) is 39.8 Å². The maximum atomic E-state index is 13.2. The molecular weight excluding hydrogens is 271 g/mol. The van der Waals surface area contributed by atoms with Crippen LogP contribution in [-0.4, -0.2) is 24.8 Å². The minimum absolute atomic E-state index is 0.240. The zero-order valence-electron chi connectivity index (χ0n) is 10.8. The van der Waals surface area contributed by atoms with Gasteiger partial charge >= 0.3 is 0 Å². The van der Waals surface area contributed by atoms with Gasteiger partial charge in [0.05, 0.1) is 11.0 Å². The Hall–Kier alpha value is -3.02. The molecule has 0 fully saturated rings. The molecule has 0 aliphatic heterocycles. The molecule has 4 aromatic rings. The summed E-state index contributed by atoms with van der Waals surface area (Å²) in [4.78, 5) is 20.9. The zero-order valence-corrected chi connectivity index (χ0v) is 10.8. The van der Waals surface area contributed by atoms with Crippen molar-refractivity contribution >= 4 is 22.6 Å². The average molecular weight is 280 g/mol. The number of fused-ring (bicyclic) bond motifs is 2. The Kier molecular flexibility index (Phi) is 2.38. The maximum Gasteiger partial charge on any atom is 0.283 e. The average Bonchev–Trinajstić information content (AvgIpc) is 3.09. The first-order chi connectivity index (χ1) is 10.2. The molecule has 4 rings (SSSR count). The van der Waals surface area contributed by atoms with Crippen molar-refractivity contribution in [3.63, 3.8) is 0 Å². The summed E-state index contributed by atoms with van der Waals surface area (Å²) in [6.07, 6.45) is 4.26. The lowest BCUT2D eigenvalue weighted by molar-refractivity contribution is 0.0960. The summed E-state index contributed by atoms with van der Waals surface area (Å²) in [7, 11) is 0. The number of hydrogen-bond donors (Lipinski definition) is 0. The quantitative estimate of drug-likeness (QED) is 0.538. The van der Waals surface area contributed by atoms with Crippen LogP contribution in [0.2, 0.25) is 0 Å². The van der Waals surface area contributed by atoms with Gasteiger partial charge in [-0.3, -0.25) is 9.36 Å². The molecule has 0 atom stereocenters. The van der Waals surface area contributed by atoms with E-state index in [4.69, 9.17) is 0 Å². The van der Waals surface area contributed by atoms with Crippen molar-refractivity contribution in [3.8, 4) is 0 Å². The lowest BCUT2D eigenvalue weighted by Gasteiger charge is -1.98. The maximum absolute atomic E-state index is 13.2. The molecule has 102 valence electrons. The number of aromatic nitrogens is 4. The van der Waals surface area contributed by atoms with Crippen LogP contribution >= 0.6 is 0 Å². The Morgan fingerprint density at radius 2 is 1.95 bits per heavy atom. The summed E-state index contributed by atoms with van der Waals surface area (Å²) < 4.78 is 16.1. The number of pyridine rings is 1. The van der Waals surface area contributed by atoms with E-state index in [9.17, 15) is 9.18 Å². The van der Waals surface area contributed by atoms with Crippen LogP contribution in [0.15, 0.2) is 55.1 Å². The first-order valence-electron chi connectivity index (χ1n) is 6.33. The largest absolute Gasteiger partial charge is 0.303 e. The summed E-state index contributed by atoms with van der Waals surface area (Å²) >= 11 is 0. The molecule has 5 nitrogen and oxygen atoms in total. The first kappa shape index (κ1) is 11.8. The molecule has 0 unspecified atom stereocenters. The Balaban J connectivity index is 1.86. The molecule has 0 radical (unpaired) electrons. The third kappa shape index (κ3) is 1.80. The van der Waals surface area contributed by atoms with Gasteiger partial charge in [-0.2, -0.15) is 0 Å². The summed E-state index contributed by atoms with van der Waals surface area (Å²) in [6.45, 7) is 0. The van der Waals surface area contributed by atoms with E-state index in [0.29, 0.717) is 11.2 Å². The van der Waals surface area contributed by atoms with Gasteiger partial charge in [-0.15, -0.1) is 0 Å². The SMILES string of the molecule is O=C(c1cn2cc(F)ccc2n1)n1cnc2ccccc21. The fourth-order valence-corrected chi connectivity index (χ4v) is 2.31. The van der Waals surface area contributed by atoms with Crippen molar-refractivity contribution in [3.05, 3.63) is 66.6 Å². The molecule has 0 saturated carbocycles. The van der Waals surface area contributed by atoms with Crippen LogP contribution in [0.5, 0.6) is 0 Å². The predicted molar refractivity (Wildman–Crippen MR) is 74.6 cm³/mol. The fraction of sp³-hybridized carbons (Fsp3) is 0.